The summed E-state index contributed by atoms with van der Waals surface area (Å²) in [5, 5.41) is 9.40. The highest BCUT2D eigenvalue weighted by Gasteiger charge is 2.23. The van der Waals surface area contributed by atoms with Gasteiger partial charge in [0.05, 0.1) is 4.90 Å². The van der Waals surface area contributed by atoms with Gasteiger partial charge in [-0.2, -0.15) is 0 Å². The Bertz CT molecular complexity index is 811. The van der Waals surface area contributed by atoms with Crippen LogP contribution in [0.25, 0.3) is 0 Å². The molecule has 1 N–H and O–H groups in total. The molecule has 1 aromatic carbocycles. The molecule has 0 saturated carbocycles. The topological polar surface area (TPSA) is 76.4 Å². The summed E-state index contributed by atoms with van der Waals surface area (Å²) >= 11 is 0. The Morgan fingerprint density at radius 2 is 1.65 bits per heavy atom. The number of nitrogens with zero attached hydrogens (tertiary/aromatic N) is 1. The van der Waals surface area contributed by atoms with Gasteiger partial charge in [-0.25, -0.2) is 12.4 Å². The number of pyridine rings is 1. The first-order valence-electron chi connectivity index (χ1n) is 5.99. The Hall–Kier alpha value is -2.08. The molecule has 5 nitrogen and oxygen atoms in total. The molecule has 2 rings (SSSR count). The number of rotatable bonds is 2. The minimum atomic E-state index is -4.03. The predicted molar refractivity (Wildman–Crippen MR) is 75.6 cm³/mol. The number of benzene rings is 1. The highest BCUT2D eigenvalue weighted by atomic mass is 32.2. The number of hydrogen-bond acceptors (Lipinski definition) is 4. The van der Waals surface area contributed by atoms with Crippen LogP contribution in [0, 0.1) is 20.8 Å². The van der Waals surface area contributed by atoms with Gasteiger partial charge in [-0.1, -0.05) is 17.7 Å². The lowest BCUT2D eigenvalue weighted by Crippen LogP contribution is -2.27. The van der Waals surface area contributed by atoms with Crippen LogP contribution >= 0.6 is 0 Å². The third-order valence-electron chi connectivity index (χ3n) is 3.02. The van der Waals surface area contributed by atoms with Crippen LogP contribution < -0.4 is 5.56 Å². The summed E-state index contributed by atoms with van der Waals surface area (Å²) in [6.07, 6.45) is 1.14. The van der Waals surface area contributed by atoms with E-state index in [4.69, 9.17) is 0 Å². The van der Waals surface area contributed by atoms with Crippen LogP contribution in [0.15, 0.2) is 40.2 Å². The summed E-state index contributed by atoms with van der Waals surface area (Å²) in [6.45, 7) is 5.23. The molecule has 20 heavy (non-hydrogen) atoms. The first kappa shape index (κ1) is 14.3. The fourth-order valence-electron chi connectivity index (χ4n) is 2.33. The third-order valence-corrected chi connectivity index (χ3v) is 4.98. The van der Waals surface area contributed by atoms with Crippen molar-refractivity contribution in [2.45, 2.75) is 25.7 Å². The molecule has 0 unspecified atom stereocenters. The molecule has 0 fully saturated rings. The molecule has 2 aromatic rings. The molecular weight excluding hydrogens is 278 g/mol. The van der Waals surface area contributed by atoms with Crippen molar-refractivity contribution in [3.63, 3.8) is 0 Å². The summed E-state index contributed by atoms with van der Waals surface area (Å²) < 4.78 is 25.8. The minimum Gasteiger partial charge on any atom is -0.503 e. The van der Waals surface area contributed by atoms with Crippen LogP contribution in [0.1, 0.15) is 16.7 Å². The van der Waals surface area contributed by atoms with E-state index < -0.39 is 21.3 Å². The van der Waals surface area contributed by atoms with Crippen molar-refractivity contribution in [1.82, 2.24) is 3.97 Å². The van der Waals surface area contributed by atoms with Gasteiger partial charge < -0.3 is 5.11 Å². The smallest absolute Gasteiger partial charge is 0.306 e. The molecule has 0 spiro atoms. The Balaban J connectivity index is 2.81. The van der Waals surface area contributed by atoms with Gasteiger partial charge in [0, 0.05) is 6.20 Å². The molecule has 0 amide bonds. The normalized spacial score (nSPS) is 11.6. The maximum atomic E-state index is 12.6. The van der Waals surface area contributed by atoms with E-state index >= 15 is 0 Å². The fraction of sp³-hybridized carbons (Fsp3) is 0.214. The summed E-state index contributed by atoms with van der Waals surface area (Å²) in [7, 11) is -4.03. The maximum absolute atomic E-state index is 12.6. The average molecular weight is 293 g/mol. The lowest BCUT2D eigenvalue weighted by atomic mass is 10.1. The largest absolute Gasteiger partial charge is 0.503 e. The van der Waals surface area contributed by atoms with Crippen LogP contribution in [0.2, 0.25) is 0 Å². The monoisotopic (exact) mass is 293 g/mol. The SMILES string of the molecule is Cc1cc(C)c(S(=O)(=O)n2cccc(O)c2=O)c(C)c1. The summed E-state index contributed by atoms with van der Waals surface area (Å²) in [5.41, 5.74) is 1.13. The Morgan fingerprint density at radius 1 is 1.10 bits per heavy atom. The molecule has 0 saturated heterocycles. The van der Waals surface area contributed by atoms with E-state index in [1.54, 1.807) is 26.0 Å². The van der Waals surface area contributed by atoms with Gasteiger partial charge in [-0.3, -0.25) is 4.79 Å². The van der Waals surface area contributed by atoms with Gasteiger partial charge in [-0.15, -0.1) is 0 Å². The minimum absolute atomic E-state index is 0.0933. The van der Waals surface area contributed by atoms with Crippen LogP contribution in [-0.4, -0.2) is 17.5 Å². The number of aryl methyl sites for hydroxylation is 3. The van der Waals surface area contributed by atoms with Crippen LogP contribution in [0.5, 0.6) is 5.75 Å². The van der Waals surface area contributed by atoms with Gasteiger partial charge in [0.1, 0.15) is 0 Å². The molecule has 0 atom stereocenters. The van der Waals surface area contributed by atoms with Crippen LogP contribution in [-0.2, 0) is 10.0 Å². The van der Waals surface area contributed by atoms with Gasteiger partial charge in [0.25, 0.3) is 10.0 Å². The Morgan fingerprint density at radius 3 is 2.20 bits per heavy atom. The van der Waals surface area contributed by atoms with E-state index in [0.29, 0.717) is 15.1 Å². The van der Waals surface area contributed by atoms with Gasteiger partial charge in [-0.05, 0) is 44.0 Å². The third kappa shape index (κ3) is 2.22. The molecule has 106 valence electrons. The van der Waals surface area contributed by atoms with Crippen molar-refractivity contribution >= 4 is 10.0 Å². The van der Waals surface area contributed by atoms with Crippen molar-refractivity contribution in [3.8, 4) is 5.75 Å². The number of hydrogen-bond donors (Lipinski definition) is 1. The van der Waals surface area contributed by atoms with Gasteiger partial charge in [0.15, 0.2) is 5.75 Å². The zero-order valence-electron chi connectivity index (χ0n) is 11.4. The van der Waals surface area contributed by atoms with Crippen molar-refractivity contribution in [3.05, 3.63) is 57.5 Å². The molecule has 1 aromatic heterocycles. The maximum Gasteiger partial charge on any atom is 0.306 e. The summed E-state index contributed by atoms with van der Waals surface area (Å²) in [6, 6.07) is 5.96. The number of aromatic hydroxyl groups is 1. The van der Waals surface area contributed by atoms with E-state index in [1.807, 2.05) is 6.92 Å². The Labute approximate surface area is 117 Å². The Kier molecular flexibility index (Phi) is 3.43. The number of aromatic nitrogens is 1. The van der Waals surface area contributed by atoms with Gasteiger partial charge >= 0.3 is 5.56 Å². The first-order chi connectivity index (χ1) is 9.25. The first-order valence-corrected chi connectivity index (χ1v) is 7.43. The molecule has 0 aliphatic rings. The van der Waals surface area contributed by atoms with Crippen molar-refractivity contribution in [1.29, 1.82) is 0 Å². The summed E-state index contributed by atoms with van der Waals surface area (Å²) in [4.78, 5) is 11.9. The molecule has 0 aliphatic heterocycles. The molecular formula is C14H15NO4S. The van der Waals surface area contributed by atoms with E-state index in [-0.39, 0.29) is 4.90 Å². The second-order valence-corrected chi connectivity index (χ2v) is 6.48. The van der Waals surface area contributed by atoms with Crippen molar-refractivity contribution < 1.29 is 13.5 Å². The predicted octanol–water partition coefficient (Wildman–Crippen LogP) is 1.72. The van der Waals surface area contributed by atoms with Gasteiger partial charge in [0.2, 0.25) is 0 Å². The molecule has 0 bridgehead atoms. The van der Waals surface area contributed by atoms with Crippen molar-refractivity contribution in [2.75, 3.05) is 0 Å². The van der Waals surface area contributed by atoms with E-state index in [0.717, 1.165) is 17.8 Å². The molecule has 0 radical (unpaired) electrons. The van der Waals surface area contributed by atoms with E-state index in [2.05, 4.69) is 0 Å². The lowest BCUT2D eigenvalue weighted by Gasteiger charge is -2.13. The zero-order chi connectivity index (χ0) is 15.1. The highest BCUT2D eigenvalue weighted by molar-refractivity contribution is 7.90. The second-order valence-electron chi connectivity index (χ2n) is 4.73. The van der Waals surface area contributed by atoms with Crippen molar-refractivity contribution in [2.24, 2.45) is 0 Å². The molecule has 1 heterocycles. The molecule has 0 aliphatic carbocycles. The second kappa shape index (κ2) is 4.79. The van der Waals surface area contributed by atoms with E-state index in [9.17, 15) is 18.3 Å². The molecule has 6 heteroatoms. The standard InChI is InChI=1S/C14H15NO4S/c1-9-7-10(2)13(11(3)8-9)20(18,19)15-6-4-5-12(16)14(15)17/h4-8,16H,1-3H3. The quantitative estimate of drug-likeness (QED) is 0.914. The van der Waals surface area contributed by atoms with E-state index in [1.165, 1.54) is 6.07 Å². The zero-order valence-corrected chi connectivity index (χ0v) is 12.2. The highest BCUT2D eigenvalue weighted by Crippen LogP contribution is 2.23. The average Bonchev–Trinajstić information content (AvgIpc) is 2.30. The lowest BCUT2D eigenvalue weighted by molar-refractivity contribution is 0.463. The summed E-state index contributed by atoms with van der Waals surface area (Å²) in [5.74, 6) is -0.599. The van der Waals surface area contributed by atoms with Crippen LogP contribution in [0.4, 0.5) is 0 Å². The fourth-order valence-corrected chi connectivity index (χ4v) is 4.00. The van der Waals surface area contributed by atoms with Crippen LogP contribution in [0.3, 0.4) is 0 Å².